The van der Waals surface area contributed by atoms with Gasteiger partial charge in [0.2, 0.25) is 0 Å². The van der Waals surface area contributed by atoms with E-state index in [1.54, 1.807) is 24.1 Å². The molecule has 0 bridgehead atoms. The third-order valence-corrected chi connectivity index (χ3v) is 3.43. The summed E-state index contributed by atoms with van der Waals surface area (Å²) in [6.45, 7) is 1.53. The molecule has 0 heterocycles. The molecule has 0 aromatic heterocycles. The standard InChI is InChI=1S/C15H23FN4.HI/c1-17-15(18-9-11-4-5-11)19-10-12-6-7-14(20(2)3)13(16)8-12;/h6-8,11H,4-5,9-10H2,1-3H3,(H2,17,18,19);1H. The minimum absolute atomic E-state index is 0. The van der Waals surface area contributed by atoms with Crippen molar-refractivity contribution >= 4 is 35.6 Å². The Labute approximate surface area is 143 Å². The molecule has 21 heavy (non-hydrogen) atoms. The van der Waals surface area contributed by atoms with Crippen molar-refractivity contribution < 1.29 is 4.39 Å². The second-order valence-corrected chi connectivity index (χ2v) is 5.43. The quantitative estimate of drug-likeness (QED) is 0.449. The van der Waals surface area contributed by atoms with Crippen LogP contribution in [0.5, 0.6) is 0 Å². The molecule has 0 unspecified atom stereocenters. The molecule has 0 aliphatic heterocycles. The van der Waals surface area contributed by atoms with Crippen molar-refractivity contribution in [3.63, 3.8) is 0 Å². The lowest BCUT2D eigenvalue weighted by Crippen LogP contribution is -2.37. The van der Waals surface area contributed by atoms with Crippen LogP contribution < -0.4 is 15.5 Å². The van der Waals surface area contributed by atoms with E-state index in [4.69, 9.17) is 0 Å². The first-order valence-corrected chi connectivity index (χ1v) is 7.00. The topological polar surface area (TPSA) is 39.7 Å². The molecule has 0 atom stereocenters. The molecule has 4 nitrogen and oxygen atoms in total. The predicted molar refractivity (Wildman–Crippen MR) is 97.1 cm³/mol. The number of halogens is 2. The zero-order chi connectivity index (χ0) is 14.5. The van der Waals surface area contributed by atoms with E-state index in [-0.39, 0.29) is 29.8 Å². The predicted octanol–water partition coefficient (Wildman–Crippen LogP) is 2.58. The summed E-state index contributed by atoms with van der Waals surface area (Å²) in [6, 6.07) is 5.29. The maximum atomic E-state index is 13.9. The molecule has 1 aromatic rings. The van der Waals surface area contributed by atoms with Gasteiger partial charge in [0.15, 0.2) is 5.96 Å². The van der Waals surface area contributed by atoms with Crippen molar-refractivity contribution in [2.75, 3.05) is 32.6 Å². The van der Waals surface area contributed by atoms with Crippen LogP contribution in [0.25, 0.3) is 0 Å². The maximum Gasteiger partial charge on any atom is 0.191 e. The van der Waals surface area contributed by atoms with Gasteiger partial charge in [0, 0.05) is 34.2 Å². The number of nitrogens with one attached hydrogen (secondary N) is 2. The molecule has 6 heteroatoms. The number of hydrogen-bond acceptors (Lipinski definition) is 2. The summed E-state index contributed by atoms with van der Waals surface area (Å²) in [5, 5.41) is 6.49. The fourth-order valence-electron chi connectivity index (χ4n) is 1.99. The Balaban J connectivity index is 0.00000220. The molecule has 1 fully saturated rings. The van der Waals surface area contributed by atoms with Crippen molar-refractivity contribution in [3.8, 4) is 0 Å². The van der Waals surface area contributed by atoms with Crippen LogP contribution in [0.2, 0.25) is 0 Å². The minimum atomic E-state index is -0.199. The number of benzene rings is 1. The molecule has 0 spiro atoms. The van der Waals surface area contributed by atoms with E-state index in [9.17, 15) is 4.39 Å². The van der Waals surface area contributed by atoms with E-state index in [2.05, 4.69) is 15.6 Å². The van der Waals surface area contributed by atoms with Crippen molar-refractivity contribution in [3.05, 3.63) is 29.6 Å². The van der Waals surface area contributed by atoms with Crippen LogP contribution in [0.1, 0.15) is 18.4 Å². The Kier molecular flexibility index (Phi) is 7.21. The minimum Gasteiger partial charge on any atom is -0.375 e. The highest BCUT2D eigenvalue weighted by atomic mass is 127. The van der Waals surface area contributed by atoms with Crippen molar-refractivity contribution in [1.82, 2.24) is 10.6 Å². The number of rotatable bonds is 5. The summed E-state index contributed by atoms with van der Waals surface area (Å²) in [6.07, 6.45) is 2.61. The number of guanidine groups is 1. The summed E-state index contributed by atoms with van der Waals surface area (Å²) in [7, 11) is 5.41. The summed E-state index contributed by atoms with van der Waals surface area (Å²) >= 11 is 0. The first-order chi connectivity index (χ1) is 9.60. The Bertz CT molecular complexity index is 487. The van der Waals surface area contributed by atoms with Gasteiger partial charge < -0.3 is 15.5 Å². The highest BCUT2D eigenvalue weighted by molar-refractivity contribution is 14.0. The van der Waals surface area contributed by atoms with Gasteiger partial charge in [-0.1, -0.05) is 6.07 Å². The lowest BCUT2D eigenvalue weighted by molar-refractivity contribution is 0.622. The van der Waals surface area contributed by atoms with E-state index in [1.165, 1.54) is 12.8 Å². The third-order valence-electron chi connectivity index (χ3n) is 3.43. The molecule has 2 rings (SSSR count). The van der Waals surface area contributed by atoms with Crippen molar-refractivity contribution in [2.45, 2.75) is 19.4 Å². The molecule has 1 saturated carbocycles. The Morgan fingerprint density at radius 1 is 1.33 bits per heavy atom. The monoisotopic (exact) mass is 406 g/mol. The number of nitrogens with zero attached hydrogens (tertiary/aromatic N) is 2. The van der Waals surface area contributed by atoms with Crippen molar-refractivity contribution in [2.24, 2.45) is 10.9 Å². The Morgan fingerprint density at radius 2 is 2.05 bits per heavy atom. The van der Waals surface area contributed by atoms with Crippen LogP contribution in [0, 0.1) is 11.7 Å². The third kappa shape index (κ3) is 5.68. The fraction of sp³-hybridized carbons (Fsp3) is 0.533. The second-order valence-electron chi connectivity index (χ2n) is 5.43. The molecule has 2 N–H and O–H groups in total. The van der Waals surface area contributed by atoms with Crippen molar-refractivity contribution in [1.29, 1.82) is 0 Å². The van der Waals surface area contributed by atoms with E-state index in [0.717, 1.165) is 24.0 Å². The molecule has 1 aliphatic carbocycles. The largest absolute Gasteiger partial charge is 0.375 e. The van der Waals surface area contributed by atoms with Crippen LogP contribution in [-0.2, 0) is 6.54 Å². The summed E-state index contributed by atoms with van der Waals surface area (Å²) in [5.74, 6) is 1.37. The van der Waals surface area contributed by atoms with Crippen LogP contribution in [0.3, 0.4) is 0 Å². The van der Waals surface area contributed by atoms with E-state index in [1.807, 2.05) is 20.2 Å². The van der Waals surface area contributed by atoms with E-state index in [0.29, 0.717) is 12.2 Å². The smallest absolute Gasteiger partial charge is 0.191 e. The molecular weight excluding hydrogens is 382 g/mol. The average molecular weight is 406 g/mol. The van der Waals surface area contributed by atoms with Crippen LogP contribution in [-0.4, -0.2) is 33.6 Å². The highest BCUT2D eigenvalue weighted by Gasteiger charge is 2.21. The van der Waals surface area contributed by atoms with Gasteiger partial charge in [-0.3, -0.25) is 4.99 Å². The molecule has 0 saturated heterocycles. The second kappa shape index (κ2) is 8.41. The van der Waals surface area contributed by atoms with E-state index >= 15 is 0 Å². The summed E-state index contributed by atoms with van der Waals surface area (Å²) in [4.78, 5) is 5.93. The number of aliphatic imine (C=N–C) groups is 1. The average Bonchev–Trinajstić information content (AvgIpc) is 3.22. The van der Waals surface area contributed by atoms with Gasteiger partial charge in [0.05, 0.1) is 5.69 Å². The van der Waals surface area contributed by atoms with Gasteiger partial charge in [-0.2, -0.15) is 0 Å². The molecule has 1 aromatic carbocycles. The maximum absolute atomic E-state index is 13.9. The van der Waals surface area contributed by atoms with Gasteiger partial charge in [-0.05, 0) is 36.5 Å². The first kappa shape index (κ1) is 18.0. The molecule has 1 aliphatic rings. The van der Waals surface area contributed by atoms with Gasteiger partial charge in [0.1, 0.15) is 5.82 Å². The molecule has 0 radical (unpaired) electrons. The molecule has 0 amide bonds. The summed E-state index contributed by atoms with van der Waals surface area (Å²) < 4.78 is 13.9. The number of anilines is 1. The van der Waals surface area contributed by atoms with Gasteiger partial charge in [-0.15, -0.1) is 24.0 Å². The van der Waals surface area contributed by atoms with Crippen LogP contribution >= 0.6 is 24.0 Å². The first-order valence-electron chi connectivity index (χ1n) is 7.00. The lowest BCUT2D eigenvalue weighted by atomic mass is 10.2. The zero-order valence-corrected chi connectivity index (χ0v) is 15.1. The normalized spacial score (nSPS) is 14.4. The molecule has 118 valence electrons. The van der Waals surface area contributed by atoms with E-state index < -0.39 is 0 Å². The van der Waals surface area contributed by atoms with Gasteiger partial charge >= 0.3 is 0 Å². The van der Waals surface area contributed by atoms with Gasteiger partial charge in [0.25, 0.3) is 0 Å². The van der Waals surface area contributed by atoms with Crippen LogP contribution in [0.15, 0.2) is 23.2 Å². The van der Waals surface area contributed by atoms with Gasteiger partial charge in [-0.25, -0.2) is 4.39 Å². The Hall–Kier alpha value is -1.05. The SMILES string of the molecule is CN=C(NCc1ccc(N(C)C)c(F)c1)NCC1CC1.I. The highest BCUT2D eigenvalue weighted by Crippen LogP contribution is 2.27. The fourth-order valence-corrected chi connectivity index (χ4v) is 1.99. The lowest BCUT2D eigenvalue weighted by Gasteiger charge is -2.15. The molecular formula is C15H24FIN4. The summed E-state index contributed by atoms with van der Waals surface area (Å²) in [5.41, 5.74) is 1.51. The number of hydrogen-bond donors (Lipinski definition) is 2. The Morgan fingerprint density at radius 3 is 2.57 bits per heavy atom. The zero-order valence-electron chi connectivity index (χ0n) is 12.8. The van der Waals surface area contributed by atoms with Crippen LogP contribution in [0.4, 0.5) is 10.1 Å².